The van der Waals surface area contributed by atoms with Crippen LogP contribution in [0.1, 0.15) is 47.2 Å². The van der Waals surface area contributed by atoms with Gasteiger partial charge in [-0.1, -0.05) is 11.6 Å². The summed E-state index contributed by atoms with van der Waals surface area (Å²) in [4.78, 5) is 12.3. The molecule has 2 rings (SSSR count). The highest BCUT2D eigenvalue weighted by Gasteiger charge is 2.39. The predicted octanol–water partition coefficient (Wildman–Crippen LogP) is 4.10. The van der Waals surface area contributed by atoms with Crippen LogP contribution in [0.2, 0.25) is 5.02 Å². The number of Topliss-reactive ketones (excluding diaryl/α,β-unsaturated/α-hetero) is 1. The van der Waals surface area contributed by atoms with E-state index < -0.39 is 0 Å². The summed E-state index contributed by atoms with van der Waals surface area (Å²) < 4.78 is 5.50. The van der Waals surface area contributed by atoms with Crippen LogP contribution in [0.3, 0.4) is 0 Å². The van der Waals surface area contributed by atoms with E-state index in [9.17, 15) is 4.79 Å². The Bertz CT molecular complexity index is 470. The van der Waals surface area contributed by atoms with Crippen molar-refractivity contribution in [2.75, 3.05) is 7.11 Å². The third-order valence-electron chi connectivity index (χ3n) is 4.06. The number of benzene rings is 1. The molecule has 98 valence electrons. The Hall–Kier alpha value is -0.860. The van der Waals surface area contributed by atoms with Crippen LogP contribution in [0.25, 0.3) is 0 Å². The minimum absolute atomic E-state index is 0.0876. The molecule has 1 fully saturated rings. The number of ether oxygens (including phenoxy) is 1. The first-order chi connectivity index (χ1) is 8.47. The monoisotopic (exact) mass is 266 g/mol. The molecular formula is C15H19ClO2. The average molecular weight is 267 g/mol. The largest absolute Gasteiger partial charge is 0.378 e. The fourth-order valence-electron chi connectivity index (χ4n) is 2.41. The van der Waals surface area contributed by atoms with Crippen LogP contribution in [0.5, 0.6) is 0 Å². The number of methoxy groups -OCH3 is 1. The first kappa shape index (κ1) is 13.6. The van der Waals surface area contributed by atoms with Crippen LogP contribution in [-0.4, -0.2) is 18.5 Å². The fourth-order valence-corrected chi connectivity index (χ4v) is 2.73. The molecule has 0 bridgehead atoms. The summed E-state index contributed by atoms with van der Waals surface area (Å²) in [5, 5.41) is 0.550. The summed E-state index contributed by atoms with van der Waals surface area (Å²) in [6, 6.07) is 3.76. The smallest absolute Gasteiger partial charge is 0.167 e. The number of rotatable bonds is 4. The zero-order valence-electron chi connectivity index (χ0n) is 11.2. The van der Waals surface area contributed by atoms with Gasteiger partial charge in [0, 0.05) is 19.1 Å². The molecule has 0 saturated heterocycles. The van der Waals surface area contributed by atoms with Crippen LogP contribution in [-0.2, 0) is 4.74 Å². The molecule has 0 amide bonds. The van der Waals surface area contributed by atoms with Gasteiger partial charge in [-0.3, -0.25) is 4.79 Å². The van der Waals surface area contributed by atoms with Crippen molar-refractivity contribution in [3.05, 3.63) is 33.8 Å². The minimum Gasteiger partial charge on any atom is -0.378 e. The lowest BCUT2D eigenvalue weighted by molar-refractivity contribution is -0.0704. The molecule has 18 heavy (non-hydrogen) atoms. The molecule has 0 aromatic heterocycles. The normalized spacial score (nSPS) is 17.3. The lowest BCUT2D eigenvalue weighted by atomic mass is 9.75. The molecule has 1 aliphatic rings. The summed E-state index contributed by atoms with van der Waals surface area (Å²) in [5.74, 6) is 0.0876. The Balaban J connectivity index is 2.21. The number of aryl methyl sites for hydroxylation is 2. The van der Waals surface area contributed by atoms with Gasteiger partial charge in [0.2, 0.25) is 0 Å². The molecule has 3 heteroatoms. The first-order valence-corrected chi connectivity index (χ1v) is 6.70. The number of carbonyl (C=O) groups excluding carboxylic acids is 1. The van der Waals surface area contributed by atoms with Crippen molar-refractivity contribution in [3.8, 4) is 0 Å². The highest BCUT2D eigenvalue weighted by Crippen LogP contribution is 2.39. The van der Waals surface area contributed by atoms with Crippen LogP contribution >= 0.6 is 11.6 Å². The molecule has 1 aromatic rings. The van der Waals surface area contributed by atoms with Crippen molar-refractivity contribution in [2.24, 2.45) is 0 Å². The molecule has 0 aliphatic heterocycles. The Morgan fingerprint density at radius 2 is 1.94 bits per heavy atom. The highest BCUT2D eigenvalue weighted by molar-refractivity contribution is 6.34. The van der Waals surface area contributed by atoms with Crippen molar-refractivity contribution < 1.29 is 9.53 Å². The van der Waals surface area contributed by atoms with Gasteiger partial charge in [0.1, 0.15) is 0 Å². The van der Waals surface area contributed by atoms with Crippen molar-refractivity contribution in [1.82, 2.24) is 0 Å². The van der Waals surface area contributed by atoms with Crippen LogP contribution in [0.4, 0.5) is 0 Å². The molecule has 0 unspecified atom stereocenters. The maximum Gasteiger partial charge on any atom is 0.167 e. The van der Waals surface area contributed by atoms with E-state index in [2.05, 4.69) is 0 Å². The third kappa shape index (κ3) is 2.45. The first-order valence-electron chi connectivity index (χ1n) is 6.32. The molecular weight excluding hydrogens is 248 g/mol. The summed E-state index contributed by atoms with van der Waals surface area (Å²) in [7, 11) is 1.69. The van der Waals surface area contributed by atoms with E-state index in [1.54, 1.807) is 7.11 Å². The predicted molar refractivity (Wildman–Crippen MR) is 73.5 cm³/mol. The molecule has 2 nitrogen and oxygen atoms in total. The van der Waals surface area contributed by atoms with E-state index in [1.165, 1.54) is 0 Å². The number of hydrogen-bond acceptors (Lipinski definition) is 2. The number of halogens is 1. The van der Waals surface area contributed by atoms with Gasteiger partial charge < -0.3 is 4.74 Å². The summed E-state index contributed by atoms with van der Waals surface area (Å²) >= 11 is 6.17. The summed E-state index contributed by atoms with van der Waals surface area (Å²) in [6.07, 6.45) is 3.52. The van der Waals surface area contributed by atoms with E-state index in [4.69, 9.17) is 16.3 Å². The third-order valence-corrected chi connectivity index (χ3v) is 4.38. The van der Waals surface area contributed by atoms with Gasteiger partial charge in [0.25, 0.3) is 0 Å². The topological polar surface area (TPSA) is 26.3 Å². The second kappa shape index (κ2) is 5.02. The zero-order valence-corrected chi connectivity index (χ0v) is 11.9. The molecule has 1 aliphatic carbocycles. The summed E-state index contributed by atoms with van der Waals surface area (Å²) in [6.45, 7) is 4.00. The van der Waals surface area contributed by atoms with Crippen LogP contribution in [0, 0.1) is 13.8 Å². The number of hydrogen-bond donors (Lipinski definition) is 0. The molecule has 0 spiro atoms. The summed E-state index contributed by atoms with van der Waals surface area (Å²) in [5.41, 5.74) is 2.60. The fraction of sp³-hybridized carbons (Fsp3) is 0.533. The van der Waals surface area contributed by atoms with Crippen LogP contribution in [0.15, 0.2) is 12.1 Å². The Morgan fingerprint density at radius 3 is 2.44 bits per heavy atom. The molecule has 0 radical (unpaired) electrons. The minimum atomic E-state index is -0.237. The average Bonchev–Trinajstić information content (AvgIpc) is 2.28. The standard InChI is InChI=1S/C15H19ClO2/c1-10-7-12(13(16)8-11(10)2)14(17)9-15(18-3)5-4-6-15/h7-8H,4-6,9H2,1-3H3. The molecule has 1 aromatic carbocycles. The number of ketones is 1. The molecule has 1 saturated carbocycles. The molecule has 0 N–H and O–H groups in total. The maximum atomic E-state index is 12.3. The van der Waals surface area contributed by atoms with Crippen molar-refractivity contribution in [3.63, 3.8) is 0 Å². The van der Waals surface area contributed by atoms with Crippen molar-refractivity contribution in [1.29, 1.82) is 0 Å². The van der Waals surface area contributed by atoms with Gasteiger partial charge in [-0.05, 0) is 56.4 Å². The van der Waals surface area contributed by atoms with Gasteiger partial charge in [-0.25, -0.2) is 0 Å². The molecule has 0 atom stereocenters. The van der Waals surface area contributed by atoms with Gasteiger partial charge >= 0.3 is 0 Å². The van der Waals surface area contributed by atoms with Gasteiger partial charge in [-0.15, -0.1) is 0 Å². The maximum absolute atomic E-state index is 12.3. The van der Waals surface area contributed by atoms with Crippen molar-refractivity contribution >= 4 is 17.4 Å². The Labute approximate surface area is 113 Å². The van der Waals surface area contributed by atoms with E-state index >= 15 is 0 Å². The second-order valence-corrected chi connectivity index (χ2v) is 5.66. The van der Waals surface area contributed by atoms with Gasteiger partial charge in [-0.2, -0.15) is 0 Å². The van der Waals surface area contributed by atoms with E-state index in [0.717, 1.165) is 30.4 Å². The molecule has 0 heterocycles. The Kier molecular flexibility index (Phi) is 3.79. The van der Waals surface area contributed by atoms with Gasteiger partial charge in [0.15, 0.2) is 5.78 Å². The number of carbonyl (C=O) groups is 1. The van der Waals surface area contributed by atoms with Gasteiger partial charge in [0.05, 0.1) is 10.6 Å². The SMILES string of the molecule is COC1(CC(=O)c2cc(C)c(C)cc2Cl)CCC1. The van der Waals surface area contributed by atoms with E-state index in [-0.39, 0.29) is 11.4 Å². The van der Waals surface area contributed by atoms with Crippen LogP contribution < -0.4 is 0 Å². The zero-order chi connectivity index (χ0) is 13.3. The quantitative estimate of drug-likeness (QED) is 0.767. The lowest BCUT2D eigenvalue weighted by Gasteiger charge is -2.40. The highest BCUT2D eigenvalue weighted by atomic mass is 35.5. The lowest BCUT2D eigenvalue weighted by Crippen LogP contribution is -2.41. The van der Waals surface area contributed by atoms with E-state index in [0.29, 0.717) is 17.0 Å². The Morgan fingerprint density at radius 1 is 1.33 bits per heavy atom. The second-order valence-electron chi connectivity index (χ2n) is 5.26. The van der Waals surface area contributed by atoms with E-state index in [1.807, 2.05) is 26.0 Å². The van der Waals surface area contributed by atoms with Crippen molar-refractivity contribution in [2.45, 2.75) is 45.1 Å².